The van der Waals surface area contributed by atoms with Gasteiger partial charge in [0.1, 0.15) is 0 Å². The fourth-order valence-corrected chi connectivity index (χ4v) is 3.32. The van der Waals surface area contributed by atoms with Gasteiger partial charge in [-0.15, -0.1) is 0 Å². The zero-order chi connectivity index (χ0) is 14.7. The molecule has 1 saturated carbocycles. The molecule has 0 aliphatic heterocycles. The minimum absolute atomic E-state index is 0.0109. The summed E-state index contributed by atoms with van der Waals surface area (Å²) in [5, 5.41) is 0.668. The highest BCUT2D eigenvalue weighted by molar-refractivity contribution is 6.39. The Labute approximate surface area is 130 Å². The Balaban J connectivity index is 2.24. The molecule has 0 radical (unpaired) electrons. The second-order valence-electron chi connectivity index (χ2n) is 5.24. The van der Waals surface area contributed by atoms with Gasteiger partial charge in [-0.05, 0) is 31.9 Å². The molecule has 1 fully saturated rings. The number of hydrogen-bond donors (Lipinski definition) is 1. The molecule has 0 unspecified atom stereocenters. The van der Waals surface area contributed by atoms with Crippen LogP contribution in [0.1, 0.15) is 49.4 Å². The van der Waals surface area contributed by atoms with E-state index in [2.05, 4.69) is 0 Å². The number of carbonyl (C=O) groups excluding carboxylic acids is 1. The number of amides is 1. The molecule has 3 nitrogen and oxygen atoms in total. The zero-order valence-electron chi connectivity index (χ0n) is 11.7. The van der Waals surface area contributed by atoms with Gasteiger partial charge in [0, 0.05) is 18.2 Å². The van der Waals surface area contributed by atoms with E-state index < -0.39 is 0 Å². The molecule has 5 heteroatoms. The number of nitrogen functional groups attached to an aromatic ring is 1. The van der Waals surface area contributed by atoms with Gasteiger partial charge in [0.05, 0.1) is 15.7 Å². The van der Waals surface area contributed by atoms with Crippen molar-refractivity contribution >= 4 is 34.8 Å². The van der Waals surface area contributed by atoms with E-state index in [-0.39, 0.29) is 5.91 Å². The van der Waals surface area contributed by atoms with Crippen LogP contribution in [0.25, 0.3) is 0 Å². The first kappa shape index (κ1) is 15.5. The van der Waals surface area contributed by atoms with Crippen LogP contribution >= 0.6 is 23.2 Å². The van der Waals surface area contributed by atoms with Crippen molar-refractivity contribution in [1.82, 2.24) is 4.90 Å². The Morgan fingerprint density at radius 3 is 2.30 bits per heavy atom. The average molecular weight is 315 g/mol. The molecule has 1 aliphatic carbocycles. The predicted octanol–water partition coefficient (Wildman–Crippen LogP) is 4.37. The summed E-state index contributed by atoms with van der Waals surface area (Å²) in [7, 11) is 0. The number of rotatable bonds is 3. The third-order valence-corrected chi connectivity index (χ3v) is 4.57. The Morgan fingerprint density at radius 1 is 1.25 bits per heavy atom. The number of nitrogens with two attached hydrogens (primary N) is 1. The van der Waals surface area contributed by atoms with Crippen LogP contribution in [0.3, 0.4) is 0 Å². The monoisotopic (exact) mass is 314 g/mol. The van der Waals surface area contributed by atoms with Crippen LogP contribution in [0.2, 0.25) is 10.0 Å². The zero-order valence-corrected chi connectivity index (χ0v) is 13.2. The molecule has 110 valence electrons. The molecule has 1 aliphatic rings. The highest BCUT2D eigenvalue weighted by Crippen LogP contribution is 2.30. The van der Waals surface area contributed by atoms with E-state index in [1.165, 1.54) is 19.3 Å². The van der Waals surface area contributed by atoms with E-state index in [1.54, 1.807) is 12.1 Å². The van der Waals surface area contributed by atoms with Gasteiger partial charge < -0.3 is 10.6 Å². The first-order valence-electron chi connectivity index (χ1n) is 7.10. The van der Waals surface area contributed by atoms with Gasteiger partial charge in [-0.2, -0.15) is 0 Å². The van der Waals surface area contributed by atoms with Gasteiger partial charge >= 0.3 is 0 Å². The first-order valence-corrected chi connectivity index (χ1v) is 7.85. The second kappa shape index (κ2) is 6.68. The molecule has 2 rings (SSSR count). The molecular weight excluding hydrogens is 295 g/mol. The van der Waals surface area contributed by atoms with Gasteiger partial charge in [0.15, 0.2) is 0 Å². The van der Waals surface area contributed by atoms with E-state index >= 15 is 0 Å². The summed E-state index contributed by atoms with van der Waals surface area (Å²) >= 11 is 12.0. The van der Waals surface area contributed by atoms with Crippen molar-refractivity contribution in [3.8, 4) is 0 Å². The van der Waals surface area contributed by atoms with E-state index in [4.69, 9.17) is 28.9 Å². The molecule has 0 bridgehead atoms. The smallest absolute Gasteiger partial charge is 0.254 e. The van der Waals surface area contributed by atoms with Crippen LogP contribution in [-0.4, -0.2) is 23.4 Å². The molecule has 0 aromatic heterocycles. The summed E-state index contributed by atoms with van der Waals surface area (Å²) in [6.07, 6.45) is 5.81. The molecule has 0 atom stereocenters. The highest BCUT2D eigenvalue weighted by atomic mass is 35.5. The minimum Gasteiger partial charge on any atom is -0.396 e. The van der Waals surface area contributed by atoms with Crippen molar-refractivity contribution < 1.29 is 4.79 Å². The summed E-state index contributed by atoms with van der Waals surface area (Å²) < 4.78 is 0. The fraction of sp³-hybridized carbons (Fsp3) is 0.533. The second-order valence-corrected chi connectivity index (χ2v) is 6.05. The number of nitrogens with zero attached hydrogens (tertiary/aromatic N) is 1. The molecule has 0 heterocycles. The molecule has 20 heavy (non-hydrogen) atoms. The van der Waals surface area contributed by atoms with Crippen LogP contribution < -0.4 is 5.73 Å². The molecule has 0 spiro atoms. The fourth-order valence-electron chi connectivity index (χ4n) is 2.83. The number of hydrogen-bond acceptors (Lipinski definition) is 2. The van der Waals surface area contributed by atoms with Crippen molar-refractivity contribution in [3.05, 3.63) is 27.7 Å². The molecule has 1 aromatic carbocycles. The van der Waals surface area contributed by atoms with Gasteiger partial charge in [0.25, 0.3) is 5.91 Å². The topological polar surface area (TPSA) is 46.3 Å². The van der Waals surface area contributed by atoms with E-state index in [9.17, 15) is 4.79 Å². The SMILES string of the molecule is CCN(C(=O)c1cc(Cl)c(N)c(Cl)c1)C1CCCCC1. The summed E-state index contributed by atoms with van der Waals surface area (Å²) in [4.78, 5) is 14.6. The number of benzene rings is 1. The molecule has 0 saturated heterocycles. The van der Waals surface area contributed by atoms with Crippen LogP contribution in [0.4, 0.5) is 5.69 Å². The Hall–Kier alpha value is -0.930. The maximum absolute atomic E-state index is 12.7. The van der Waals surface area contributed by atoms with E-state index in [0.29, 0.717) is 33.9 Å². The van der Waals surface area contributed by atoms with Gasteiger partial charge in [0.2, 0.25) is 0 Å². The van der Waals surface area contributed by atoms with Crippen molar-refractivity contribution in [2.45, 2.75) is 45.1 Å². The molecular formula is C15H20Cl2N2O. The lowest BCUT2D eigenvalue weighted by atomic mass is 9.93. The van der Waals surface area contributed by atoms with Gasteiger partial charge in [-0.3, -0.25) is 4.79 Å². The summed E-state index contributed by atoms with van der Waals surface area (Å²) in [6.45, 7) is 2.70. The molecule has 1 amide bonds. The number of halogens is 2. The first-order chi connectivity index (χ1) is 9.54. The lowest BCUT2D eigenvalue weighted by Gasteiger charge is -2.33. The standard InChI is InChI=1S/C15H20Cl2N2O/c1-2-19(11-6-4-3-5-7-11)15(20)10-8-12(16)14(18)13(17)9-10/h8-9,11H,2-7,18H2,1H3. The average Bonchev–Trinajstić information content (AvgIpc) is 2.46. The van der Waals surface area contributed by atoms with Crippen LogP contribution in [0, 0.1) is 0 Å². The van der Waals surface area contributed by atoms with Crippen LogP contribution in [-0.2, 0) is 0 Å². The lowest BCUT2D eigenvalue weighted by molar-refractivity contribution is 0.0648. The van der Waals surface area contributed by atoms with Crippen LogP contribution in [0.15, 0.2) is 12.1 Å². The Morgan fingerprint density at radius 2 is 1.80 bits per heavy atom. The van der Waals surface area contributed by atoms with Crippen molar-refractivity contribution in [3.63, 3.8) is 0 Å². The Bertz CT molecular complexity index is 476. The largest absolute Gasteiger partial charge is 0.396 e. The maximum Gasteiger partial charge on any atom is 0.254 e. The van der Waals surface area contributed by atoms with Gasteiger partial charge in [-0.1, -0.05) is 42.5 Å². The quantitative estimate of drug-likeness (QED) is 0.842. The third-order valence-electron chi connectivity index (χ3n) is 3.94. The van der Waals surface area contributed by atoms with Crippen molar-refractivity contribution in [2.75, 3.05) is 12.3 Å². The Kier molecular flexibility index (Phi) is 5.17. The van der Waals surface area contributed by atoms with E-state index in [0.717, 1.165) is 12.8 Å². The third kappa shape index (κ3) is 3.21. The van der Waals surface area contributed by atoms with Crippen molar-refractivity contribution in [1.29, 1.82) is 0 Å². The minimum atomic E-state index is -0.0109. The van der Waals surface area contributed by atoms with Crippen LogP contribution in [0.5, 0.6) is 0 Å². The molecule has 1 aromatic rings. The highest BCUT2D eigenvalue weighted by Gasteiger charge is 2.25. The maximum atomic E-state index is 12.7. The number of carbonyl (C=O) groups is 1. The predicted molar refractivity (Wildman–Crippen MR) is 84.5 cm³/mol. The van der Waals surface area contributed by atoms with Gasteiger partial charge in [-0.25, -0.2) is 0 Å². The van der Waals surface area contributed by atoms with E-state index in [1.807, 2.05) is 11.8 Å². The lowest BCUT2D eigenvalue weighted by Crippen LogP contribution is -2.41. The normalized spacial score (nSPS) is 16.1. The molecule has 2 N–H and O–H groups in total. The summed E-state index contributed by atoms with van der Waals surface area (Å²) in [5.41, 5.74) is 6.55. The summed E-state index contributed by atoms with van der Waals surface area (Å²) in [6, 6.07) is 3.55. The summed E-state index contributed by atoms with van der Waals surface area (Å²) in [5.74, 6) is -0.0109. The number of anilines is 1. The van der Waals surface area contributed by atoms with Crippen molar-refractivity contribution in [2.24, 2.45) is 0 Å².